The number of hydrogen-bond acceptors (Lipinski definition) is 4. The molecular weight excluding hydrogens is 391 g/mol. The number of halogens is 2. The SMILES string of the molecule is CCCOc1c(Cl)cc(C(=O)Nc2sc3c(c2C#N)CCCC3)cc1Cl. The number of rotatable bonds is 5. The number of nitriles is 1. The van der Waals surface area contributed by atoms with Crippen molar-refractivity contribution in [3.63, 3.8) is 0 Å². The molecule has 4 nitrogen and oxygen atoms in total. The minimum absolute atomic E-state index is 0.294. The second-order valence-electron chi connectivity index (χ2n) is 6.10. The fourth-order valence-corrected chi connectivity index (χ4v) is 4.81. The molecule has 0 saturated carbocycles. The highest BCUT2D eigenvalue weighted by atomic mass is 35.5. The molecule has 0 aliphatic heterocycles. The molecule has 2 aromatic rings. The lowest BCUT2D eigenvalue weighted by molar-refractivity contribution is 0.102. The van der Waals surface area contributed by atoms with E-state index in [9.17, 15) is 10.1 Å². The van der Waals surface area contributed by atoms with Gasteiger partial charge in [-0.1, -0.05) is 30.1 Å². The van der Waals surface area contributed by atoms with Gasteiger partial charge in [0.1, 0.15) is 11.1 Å². The molecule has 26 heavy (non-hydrogen) atoms. The van der Waals surface area contributed by atoms with Crippen LogP contribution in [0, 0.1) is 11.3 Å². The molecule has 0 saturated heterocycles. The van der Waals surface area contributed by atoms with E-state index in [1.807, 2.05) is 6.92 Å². The highest BCUT2D eigenvalue weighted by Gasteiger charge is 2.22. The van der Waals surface area contributed by atoms with Gasteiger partial charge >= 0.3 is 0 Å². The van der Waals surface area contributed by atoms with Crippen LogP contribution in [-0.4, -0.2) is 12.5 Å². The van der Waals surface area contributed by atoms with Gasteiger partial charge in [0.05, 0.1) is 22.2 Å². The van der Waals surface area contributed by atoms with E-state index >= 15 is 0 Å². The summed E-state index contributed by atoms with van der Waals surface area (Å²) < 4.78 is 5.52. The van der Waals surface area contributed by atoms with Crippen molar-refractivity contribution >= 4 is 45.4 Å². The molecule has 0 unspecified atom stereocenters. The van der Waals surface area contributed by atoms with Crippen molar-refractivity contribution in [1.29, 1.82) is 5.26 Å². The van der Waals surface area contributed by atoms with E-state index < -0.39 is 0 Å². The number of carbonyl (C=O) groups excluding carboxylic acids is 1. The summed E-state index contributed by atoms with van der Waals surface area (Å²) in [7, 11) is 0. The first-order valence-corrected chi connectivity index (χ1v) is 10.1. The molecule has 1 aromatic heterocycles. The van der Waals surface area contributed by atoms with Crippen LogP contribution in [0.15, 0.2) is 12.1 Å². The Bertz CT molecular complexity index is 863. The third-order valence-corrected chi connectivity index (χ3v) is 5.99. The highest BCUT2D eigenvalue weighted by Crippen LogP contribution is 2.38. The maximum Gasteiger partial charge on any atom is 0.256 e. The van der Waals surface area contributed by atoms with Crippen molar-refractivity contribution in [2.45, 2.75) is 39.0 Å². The fraction of sp³-hybridized carbons (Fsp3) is 0.368. The minimum Gasteiger partial charge on any atom is -0.490 e. The monoisotopic (exact) mass is 408 g/mol. The summed E-state index contributed by atoms with van der Waals surface area (Å²) in [5.74, 6) is 0.0435. The van der Waals surface area contributed by atoms with Crippen LogP contribution >= 0.6 is 34.5 Å². The van der Waals surface area contributed by atoms with Crippen LogP contribution in [0.25, 0.3) is 0 Å². The molecule has 0 radical (unpaired) electrons. The topological polar surface area (TPSA) is 62.1 Å². The Labute approximate surface area is 166 Å². The predicted molar refractivity (Wildman–Crippen MR) is 106 cm³/mol. The van der Waals surface area contributed by atoms with Crippen molar-refractivity contribution in [2.75, 3.05) is 11.9 Å². The number of ether oxygens (including phenoxy) is 1. The van der Waals surface area contributed by atoms with Gasteiger partial charge in [-0.2, -0.15) is 5.26 Å². The molecule has 1 aliphatic rings. The van der Waals surface area contributed by atoms with E-state index in [4.69, 9.17) is 27.9 Å². The Kier molecular flexibility index (Phi) is 6.08. The second-order valence-corrected chi connectivity index (χ2v) is 8.02. The van der Waals surface area contributed by atoms with Gasteiger partial charge in [-0.3, -0.25) is 4.79 Å². The molecule has 1 aromatic carbocycles. The maximum atomic E-state index is 12.7. The molecular formula is C19H18Cl2N2O2S. The van der Waals surface area contributed by atoms with Gasteiger partial charge in [-0.15, -0.1) is 11.3 Å². The number of thiophene rings is 1. The Morgan fingerprint density at radius 2 is 2.00 bits per heavy atom. The van der Waals surface area contributed by atoms with Crippen molar-refractivity contribution in [3.05, 3.63) is 43.7 Å². The minimum atomic E-state index is -0.342. The van der Waals surface area contributed by atoms with Crippen LogP contribution in [0.4, 0.5) is 5.00 Å². The van der Waals surface area contributed by atoms with Crippen molar-refractivity contribution in [1.82, 2.24) is 0 Å². The number of benzene rings is 1. The summed E-state index contributed by atoms with van der Waals surface area (Å²) in [4.78, 5) is 13.8. The Hall–Kier alpha value is -1.74. The first-order chi connectivity index (χ1) is 12.5. The Morgan fingerprint density at radius 1 is 1.31 bits per heavy atom. The van der Waals surface area contributed by atoms with E-state index in [2.05, 4.69) is 11.4 Å². The number of anilines is 1. The molecule has 0 atom stereocenters. The quantitative estimate of drug-likeness (QED) is 0.674. The molecule has 0 spiro atoms. The Balaban J connectivity index is 1.85. The van der Waals surface area contributed by atoms with Gasteiger partial charge in [-0.25, -0.2) is 0 Å². The third kappa shape index (κ3) is 3.83. The molecule has 7 heteroatoms. The average Bonchev–Trinajstić information content (AvgIpc) is 2.97. The normalized spacial score (nSPS) is 13.0. The van der Waals surface area contributed by atoms with E-state index in [0.717, 1.165) is 37.7 Å². The van der Waals surface area contributed by atoms with E-state index in [-0.39, 0.29) is 5.91 Å². The van der Waals surface area contributed by atoms with E-state index in [1.165, 1.54) is 28.3 Å². The van der Waals surface area contributed by atoms with Crippen LogP contribution in [0.2, 0.25) is 10.0 Å². The number of fused-ring (bicyclic) bond motifs is 1. The molecule has 0 fully saturated rings. The van der Waals surface area contributed by atoms with Gasteiger partial charge in [-0.05, 0) is 49.8 Å². The van der Waals surface area contributed by atoms with Crippen LogP contribution in [0.3, 0.4) is 0 Å². The molecule has 1 heterocycles. The Morgan fingerprint density at radius 3 is 2.65 bits per heavy atom. The predicted octanol–water partition coefficient (Wildman–Crippen LogP) is 5.85. The molecule has 1 N–H and O–H groups in total. The summed E-state index contributed by atoms with van der Waals surface area (Å²) in [6.07, 6.45) is 4.89. The third-order valence-electron chi connectivity index (χ3n) is 4.22. The van der Waals surface area contributed by atoms with Gasteiger partial charge in [0.25, 0.3) is 5.91 Å². The highest BCUT2D eigenvalue weighted by molar-refractivity contribution is 7.16. The van der Waals surface area contributed by atoms with Crippen LogP contribution in [0.1, 0.15) is 52.5 Å². The lowest BCUT2D eigenvalue weighted by atomic mass is 9.96. The first-order valence-electron chi connectivity index (χ1n) is 8.53. The van der Waals surface area contributed by atoms with Gasteiger partial charge < -0.3 is 10.1 Å². The largest absolute Gasteiger partial charge is 0.490 e. The summed E-state index contributed by atoms with van der Waals surface area (Å²) in [6, 6.07) is 5.31. The summed E-state index contributed by atoms with van der Waals surface area (Å²) in [5, 5.41) is 13.5. The lowest BCUT2D eigenvalue weighted by Crippen LogP contribution is -2.12. The van der Waals surface area contributed by atoms with Crippen LogP contribution in [-0.2, 0) is 12.8 Å². The molecule has 1 amide bonds. The number of nitrogens with zero attached hydrogens (tertiary/aromatic N) is 1. The summed E-state index contributed by atoms with van der Waals surface area (Å²) >= 11 is 13.9. The zero-order chi connectivity index (χ0) is 18.7. The average molecular weight is 409 g/mol. The summed E-state index contributed by atoms with van der Waals surface area (Å²) in [5.41, 5.74) is 2.00. The number of aryl methyl sites for hydroxylation is 1. The number of carbonyl (C=O) groups is 1. The van der Waals surface area contributed by atoms with Crippen molar-refractivity contribution < 1.29 is 9.53 Å². The number of hydrogen-bond donors (Lipinski definition) is 1. The van der Waals surface area contributed by atoms with Crippen molar-refractivity contribution in [3.8, 4) is 11.8 Å². The molecule has 0 bridgehead atoms. The smallest absolute Gasteiger partial charge is 0.256 e. The standard InChI is InChI=1S/C19H18Cl2N2O2S/c1-2-7-25-17-14(20)8-11(9-15(17)21)18(24)23-19-13(10-22)12-5-3-4-6-16(12)26-19/h8-9H,2-7H2,1H3,(H,23,24). The zero-order valence-corrected chi connectivity index (χ0v) is 16.7. The van der Waals surface area contributed by atoms with Crippen molar-refractivity contribution in [2.24, 2.45) is 0 Å². The number of amides is 1. The van der Waals surface area contributed by atoms with E-state index in [0.29, 0.717) is 38.5 Å². The fourth-order valence-electron chi connectivity index (χ4n) is 2.98. The van der Waals surface area contributed by atoms with Gasteiger partial charge in [0, 0.05) is 10.4 Å². The van der Waals surface area contributed by atoms with Gasteiger partial charge in [0.15, 0.2) is 5.75 Å². The lowest BCUT2D eigenvalue weighted by Gasteiger charge is -2.11. The number of nitrogens with one attached hydrogen (secondary N) is 1. The zero-order valence-electron chi connectivity index (χ0n) is 14.3. The van der Waals surface area contributed by atoms with Crippen LogP contribution < -0.4 is 10.1 Å². The summed E-state index contributed by atoms with van der Waals surface area (Å²) in [6.45, 7) is 2.48. The van der Waals surface area contributed by atoms with E-state index in [1.54, 1.807) is 0 Å². The van der Waals surface area contributed by atoms with Gasteiger partial charge in [0.2, 0.25) is 0 Å². The molecule has 136 valence electrons. The van der Waals surface area contributed by atoms with Crippen LogP contribution in [0.5, 0.6) is 5.75 Å². The molecule has 1 aliphatic carbocycles. The second kappa shape index (κ2) is 8.30. The maximum absolute atomic E-state index is 12.7. The molecule has 3 rings (SSSR count). The first kappa shape index (κ1) is 19.0.